The van der Waals surface area contributed by atoms with Gasteiger partial charge in [0.2, 0.25) is 18.0 Å². The van der Waals surface area contributed by atoms with E-state index in [0.29, 0.717) is 6.07 Å². The highest BCUT2D eigenvalue weighted by molar-refractivity contribution is 5.78. The number of methoxy groups -OCH3 is 1. The summed E-state index contributed by atoms with van der Waals surface area (Å²) in [5, 5.41) is 38.9. The fourth-order valence-corrected chi connectivity index (χ4v) is 4.64. The highest BCUT2D eigenvalue weighted by Gasteiger charge is 2.49. The summed E-state index contributed by atoms with van der Waals surface area (Å²) in [6, 6.07) is -0.708. The lowest BCUT2D eigenvalue weighted by molar-refractivity contribution is -0.279. The summed E-state index contributed by atoms with van der Waals surface area (Å²) in [7, 11) is 0.929. The van der Waals surface area contributed by atoms with Crippen LogP contribution in [0.2, 0.25) is 0 Å². The summed E-state index contributed by atoms with van der Waals surface area (Å²) in [4.78, 5) is 38.8. The number of hydrogen-bond donors (Lipinski definition) is 4. The summed E-state index contributed by atoms with van der Waals surface area (Å²) in [6.45, 7) is -0.968. The Balaban J connectivity index is 1.50. The van der Waals surface area contributed by atoms with Gasteiger partial charge in [0.25, 0.3) is 0 Å². The van der Waals surface area contributed by atoms with Gasteiger partial charge in [-0.1, -0.05) is 0 Å². The van der Waals surface area contributed by atoms with Crippen LogP contribution in [0.4, 0.5) is 31.1 Å². The molecule has 0 aliphatic carbocycles. The Hall–Kier alpha value is -4.01. The number of aliphatic hydroxyl groups is 3. The third-order valence-corrected chi connectivity index (χ3v) is 6.88. The van der Waals surface area contributed by atoms with Crippen LogP contribution in [0.3, 0.4) is 0 Å². The molecule has 2 amide bonds. The Morgan fingerprint density at radius 2 is 1.73 bits per heavy atom. The zero-order valence-electron chi connectivity index (χ0n) is 22.5. The average Bonchev–Trinajstić information content (AvgIpc) is 3.40. The highest BCUT2D eigenvalue weighted by atomic mass is 19.4. The van der Waals surface area contributed by atoms with Gasteiger partial charge in [0.1, 0.15) is 24.1 Å². The van der Waals surface area contributed by atoms with E-state index in [0.717, 1.165) is 16.6 Å². The number of carbonyl (C=O) groups excluding carboxylic acids is 3. The summed E-state index contributed by atoms with van der Waals surface area (Å²) in [6.07, 6.45) is -17.6. The number of nitrogens with one attached hydrogen (secondary N) is 1. The van der Waals surface area contributed by atoms with Gasteiger partial charge in [0.05, 0.1) is 13.7 Å². The van der Waals surface area contributed by atoms with E-state index in [4.69, 9.17) is 9.47 Å². The van der Waals surface area contributed by atoms with Gasteiger partial charge in [-0.05, 0) is 18.1 Å². The van der Waals surface area contributed by atoms with Gasteiger partial charge in [0.15, 0.2) is 23.6 Å². The molecule has 6 atom stereocenters. The lowest BCUT2D eigenvalue weighted by Crippen LogP contribution is -2.61. The molecule has 1 saturated heterocycles. The number of esters is 1. The van der Waals surface area contributed by atoms with Crippen LogP contribution in [0.5, 0.6) is 0 Å². The number of carbonyl (C=O) groups is 3. The molecule has 2 aliphatic rings. The second kappa shape index (κ2) is 12.9. The van der Waals surface area contributed by atoms with Crippen LogP contribution in [0.25, 0.3) is 0 Å². The molecule has 44 heavy (non-hydrogen) atoms. The van der Waals surface area contributed by atoms with Crippen LogP contribution in [-0.2, 0) is 49.5 Å². The average molecular weight is 641 g/mol. The summed E-state index contributed by atoms with van der Waals surface area (Å²) < 4.78 is 96.4. The minimum absolute atomic E-state index is 0.183. The first-order chi connectivity index (χ1) is 20.6. The Morgan fingerprint density at radius 3 is 2.39 bits per heavy atom. The molecule has 3 heterocycles. The number of aromatic nitrogens is 3. The van der Waals surface area contributed by atoms with E-state index in [9.17, 15) is 56.0 Å². The third kappa shape index (κ3) is 7.03. The smallest absolute Gasteiger partial charge is 0.451 e. The molecule has 2 aliphatic heterocycles. The van der Waals surface area contributed by atoms with E-state index in [2.05, 4.69) is 20.3 Å². The highest BCUT2D eigenvalue weighted by Crippen LogP contribution is 2.30. The molecule has 5 unspecified atom stereocenters. The number of alkyl carbamates (subject to hydrolysis) is 1. The Kier molecular flexibility index (Phi) is 9.66. The van der Waals surface area contributed by atoms with Gasteiger partial charge in [-0.2, -0.15) is 13.2 Å². The number of aliphatic hydroxyl groups excluding tert-OH is 3. The quantitative estimate of drug-likeness (QED) is 0.178. The molecule has 4 rings (SSSR count). The number of alkyl halides is 3. The Labute approximate surface area is 243 Å². The fourth-order valence-electron chi connectivity index (χ4n) is 4.64. The van der Waals surface area contributed by atoms with Crippen molar-refractivity contribution in [2.24, 2.45) is 0 Å². The van der Waals surface area contributed by atoms with Crippen molar-refractivity contribution in [1.82, 2.24) is 25.0 Å². The van der Waals surface area contributed by atoms with Gasteiger partial charge in [-0.3, -0.25) is 4.79 Å². The summed E-state index contributed by atoms with van der Waals surface area (Å²) >= 11 is 0. The van der Waals surface area contributed by atoms with Crippen molar-refractivity contribution >= 4 is 18.0 Å². The Bertz CT molecular complexity index is 1410. The van der Waals surface area contributed by atoms with Crippen molar-refractivity contribution in [3.05, 3.63) is 46.8 Å². The third-order valence-electron chi connectivity index (χ3n) is 6.88. The molecule has 2 aromatic rings. The number of fused-ring (bicyclic) bond motifs is 1. The second-order valence-electron chi connectivity index (χ2n) is 9.84. The van der Waals surface area contributed by atoms with Crippen LogP contribution in [0.1, 0.15) is 23.6 Å². The molecular weight excluding hydrogens is 616 g/mol. The first-order valence-corrected chi connectivity index (χ1v) is 12.8. The maximum Gasteiger partial charge on any atom is 0.451 e. The van der Waals surface area contributed by atoms with Crippen molar-refractivity contribution in [3.8, 4) is 0 Å². The standard InChI is InChI=1S/C24H25F6N5O9/c1-42-20(40)19-17(38)16(37)18(39)21(43-19)44-23(41)31-10(4-9-5-12(26)13(27)7-11(9)25)6-15(36)34-2-3-35-14(8-34)32-33-22(35)24(28,29)30/h5,7,10,16-19,21,37-39H,2-4,6,8H2,1H3,(H,31,41)/t10-,16?,17?,18?,19?,21?/m0/s1. The first-order valence-electron chi connectivity index (χ1n) is 12.8. The molecule has 1 fully saturated rings. The predicted octanol–water partition coefficient (Wildman–Crippen LogP) is -0.235. The number of ether oxygens (including phenoxy) is 3. The number of hydrogen-bond acceptors (Lipinski definition) is 11. The molecule has 14 nitrogen and oxygen atoms in total. The Morgan fingerprint density at radius 1 is 1.05 bits per heavy atom. The monoisotopic (exact) mass is 641 g/mol. The molecule has 0 radical (unpaired) electrons. The van der Waals surface area contributed by atoms with Crippen LogP contribution in [-0.4, -0.2) is 103 Å². The number of benzene rings is 1. The van der Waals surface area contributed by atoms with Gasteiger partial charge in [-0.15, -0.1) is 10.2 Å². The number of rotatable bonds is 7. The van der Waals surface area contributed by atoms with Gasteiger partial charge in [-0.25, -0.2) is 22.8 Å². The van der Waals surface area contributed by atoms with Crippen LogP contribution < -0.4 is 5.32 Å². The predicted molar refractivity (Wildman–Crippen MR) is 127 cm³/mol. The molecule has 20 heteroatoms. The van der Waals surface area contributed by atoms with Crippen molar-refractivity contribution in [3.63, 3.8) is 0 Å². The molecule has 242 valence electrons. The fraction of sp³-hybridized carbons (Fsp3) is 0.542. The van der Waals surface area contributed by atoms with Crippen LogP contribution in [0.15, 0.2) is 12.1 Å². The molecular formula is C24H25F6N5O9. The van der Waals surface area contributed by atoms with E-state index in [1.54, 1.807) is 0 Å². The number of halogens is 6. The molecule has 0 spiro atoms. The largest absolute Gasteiger partial charge is 0.467 e. The van der Waals surface area contributed by atoms with Crippen LogP contribution in [0, 0.1) is 17.5 Å². The van der Waals surface area contributed by atoms with E-state index in [1.807, 2.05) is 0 Å². The van der Waals surface area contributed by atoms with Gasteiger partial charge >= 0.3 is 18.2 Å². The van der Waals surface area contributed by atoms with Gasteiger partial charge < -0.3 is 44.3 Å². The van der Waals surface area contributed by atoms with E-state index in [-0.39, 0.29) is 25.0 Å². The summed E-state index contributed by atoms with van der Waals surface area (Å²) in [5.74, 6) is -7.58. The molecule has 0 bridgehead atoms. The maximum absolute atomic E-state index is 14.4. The first kappa shape index (κ1) is 32.9. The molecule has 0 saturated carbocycles. The zero-order chi connectivity index (χ0) is 32.5. The lowest BCUT2D eigenvalue weighted by atomic mass is 9.99. The van der Waals surface area contributed by atoms with Crippen LogP contribution >= 0.6 is 0 Å². The molecule has 4 N–H and O–H groups in total. The molecule has 1 aromatic carbocycles. The maximum atomic E-state index is 14.4. The van der Waals surface area contributed by atoms with E-state index >= 15 is 0 Å². The normalized spacial score (nSPS) is 24.3. The van der Waals surface area contributed by atoms with E-state index in [1.165, 1.54) is 0 Å². The SMILES string of the molecule is COC(=O)C1OC(OC(=O)N[C@H](CC(=O)N2CCn3c(nnc3C(F)(F)F)C2)Cc2cc(F)c(F)cc2F)C(O)C(O)C1O. The zero-order valence-corrected chi connectivity index (χ0v) is 22.5. The number of amides is 2. The second-order valence-corrected chi connectivity index (χ2v) is 9.84. The van der Waals surface area contributed by atoms with E-state index < -0.39 is 109 Å². The number of nitrogens with zero attached hydrogens (tertiary/aromatic N) is 4. The lowest BCUT2D eigenvalue weighted by Gasteiger charge is -2.38. The van der Waals surface area contributed by atoms with Gasteiger partial charge in [0, 0.05) is 31.6 Å². The van der Waals surface area contributed by atoms with Crippen molar-refractivity contribution in [1.29, 1.82) is 0 Å². The minimum Gasteiger partial charge on any atom is -0.467 e. The van der Waals surface area contributed by atoms with Crippen molar-refractivity contribution in [2.45, 2.75) is 68.9 Å². The minimum atomic E-state index is -4.79. The molecule has 1 aromatic heterocycles. The topological polar surface area (TPSA) is 186 Å². The summed E-state index contributed by atoms with van der Waals surface area (Å²) in [5.41, 5.74) is -0.478. The van der Waals surface area contributed by atoms with Crippen molar-refractivity contribution < 1.29 is 70.3 Å². The van der Waals surface area contributed by atoms with Crippen molar-refractivity contribution in [2.75, 3.05) is 13.7 Å².